The van der Waals surface area contributed by atoms with Crippen LogP contribution in [0, 0.1) is 34.6 Å². The fourth-order valence-electron chi connectivity index (χ4n) is 4.31. The van der Waals surface area contributed by atoms with Crippen molar-refractivity contribution in [3.63, 3.8) is 0 Å². The molecule has 1 aliphatic rings. The maximum absolute atomic E-state index is 10.6. The Morgan fingerprint density at radius 1 is 1.03 bits per heavy atom. The number of anilines is 3. The molecule has 0 saturated heterocycles. The molecule has 0 atom stereocenters. The molecule has 37 heavy (non-hydrogen) atoms. The molecular formula is C26H27Cl2F3N4O2. The quantitative estimate of drug-likeness (QED) is 0.353. The number of hydrogen-bond acceptors (Lipinski definition) is 5. The second-order valence-electron chi connectivity index (χ2n) is 8.99. The van der Waals surface area contributed by atoms with Crippen molar-refractivity contribution in [1.82, 2.24) is 9.97 Å². The van der Waals surface area contributed by atoms with Crippen LogP contribution >= 0.6 is 23.2 Å². The summed E-state index contributed by atoms with van der Waals surface area (Å²) in [6.45, 7) is 12.0. The van der Waals surface area contributed by atoms with Gasteiger partial charge in [0.15, 0.2) is 0 Å². The lowest BCUT2D eigenvalue weighted by atomic mass is 10.1. The van der Waals surface area contributed by atoms with Crippen molar-refractivity contribution in [2.24, 2.45) is 0 Å². The van der Waals surface area contributed by atoms with Crippen LogP contribution in [0.4, 0.5) is 30.6 Å². The Bertz CT molecular complexity index is 1300. The number of aliphatic carboxylic acids is 1. The third-order valence-corrected chi connectivity index (χ3v) is 6.57. The smallest absolute Gasteiger partial charge is 0.475 e. The number of rotatable bonds is 4. The summed E-state index contributed by atoms with van der Waals surface area (Å²) in [6, 6.07) is 8.12. The number of carbonyl (C=O) groups is 1. The highest BCUT2D eigenvalue weighted by atomic mass is 35.5. The summed E-state index contributed by atoms with van der Waals surface area (Å²) in [5, 5.41) is 11.9. The number of benzene rings is 2. The lowest BCUT2D eigenvalue weighted by Gasteiger charge is -2.22. The van der Waals surface area contributed by atoms with E-state index in [1.807, 2.05) is 19.1 Å². The number of hydrogen-bond donors (Lipinski definition) is 2. The third-order valence-electron chi connectivity index (χ3n) is 6.01. The highest BCUT2D eigenvalue weighted by Crippen LogP contribution is 2.34. The summed E-state index contributed by atoms with van der Waals surface area (Å²) in [5.41, 5.74) is 9.11. The van der Waals surface area contributed by atoms with Gasteiger partial charge in [-0.2, -0.15) is 18.2 Å². The topological polar surface area (TPSA) is 78.4 Å². The SMILES string of the molecule is Cc1cc(C)c(Nc2nc(C)c3c(n2)N(Cc2c(C)cc(Cl)cc2Cl)CC3)c(C)c1.O=C(O)C(F)(F)F. The minimum Gasteiger partial charge on any atom is -0.475 e. The standard InChI is InChI=1S/C24H26Cl2N4.C2HF3O2/c1-13-8-15(3)22(16(4)9-13)28-24-27-17(5)19-6-7-30(23(19)29-24)12-20-14(2)10-18(25)11-21(20)26;3-2(4,5)1(6)7/h8-11H,6-7,12H2,1-5H3,(H,27,28,29);(H,6,7). The van der Waals surface area contributed by atoms with Gasteiger partial charge in [0.05, 0.1) is 0 Å². The van der Waals surface area contributed by atoms with Crippen LogP contribution in [0.15, 0.2) is 24.3 Å². The average Bonchev–Trinajstić information content (AvgIpc) is 3.16. The summed E-state index contributed by atoms with van der Waals surface area (Å²) in [5.74, 6) is -1.14. The molecular weight excluding hydrogens is 528 g/mol. The molecule has 0 aliphatic carbocycles. The lowest BCUT2D eigenvalue weighted by Crippen LogP contribution is -2.22. The van der Waals surface area contributed by atoms with E-state index in [9.17, 15) is 13.2 Å². The number of nitrogens with one attached hydrogen (secondary N) is 1. The monoisotopic (exact) mass is 554 g/mol. The summed E-state index contributed by atoms with van der Waals surface area (Å²) < 4.78 is 31.7. The summed E-state index contributed by atoms with van der Waals surface area (Å²) in [6.07, 6.45) is -4.14. The van der Waals surface area contributed by atoms with Crippen LogP contribution in [0.5, 0.6) is 0 Å². The zero-order valence-corrected chi connectivity index (χ0v) is 22.5. The predicted octanol–water partition coefficient (Wildman–Crippen LogP) is 7.27. The minimum absolute atomic E-state index is 0.632. The molecule has 11 heteroatoms. The maximum atomic E-state index is 10.6. The van der Waals surface area contributed by atoms with E-state index in [1.165, 1.54) is 22.3 Å². The number of fused-ring (bicyclic) bond motifs is 1. The van der Waals surface area contributed by atoms with E-state index in [0.717, 1.165) is 41.3 Å². The number of alkyl halides is 3. The molecule has 0 amide bonds. The molecule has 0 saturated carbocycles. The Labute approximate surface area is 223 Å². The van der Waals surface area contributed by atoms with Crippen LogP contribution in [0.1, 0.15) is 39.1 Å². The Balaban J connectivity index is 0.000000479. The van der Waals surface area contributed by atoms with Crippen molar-refractivity contribution in [2.45, 2.75) is 53.8 Å². The predicted molar refractivity (Wildman–Crippen MR) is 140 cm³/mol. The molecule has 0 fully saturated rings. The first-order valence-electron chi connectivity index (χ1n) is 11.4. The highest BCUT2D eigenvalue weighted by Gasteiger charge is 2.38. The van der Waals surface area contributed by atoms with Crippen molar-refractivity contribution in [3.05, 3.63) is 73.4 Å². The normalized spacial score (nSPS) is 12.6. The van der Waals surface area contributed by atoms with Gasteiger partial charge in [-0.25, -0.2) is 9.78 Å². The van der Waals surface area contributed by atoms with Gasteiger partial charge in [-0.05, 0) is 75.4 Å². The van der Waals surface area contributed by atoms with Crippen molar-refractivity contribution < 1.29 is 23.1 Å². The van der Waals surface area contributed by atoms with E-state index < -0.39 is 12.1 Å². The second kappa shape index (κ2) is 11.1. The van der Waals surface area contributed by atoms with E-state index in [4.69, 9.17) is 43.1 Å². The van der Waals surface area contributed by atoms with Crippen molar-refractivity contribution in [2.75, 3.05) is 16.8 Å². The average molecular weight is 555 g/mol. The second-order valence-corrected chi connectivity index (χ2v) is 9.83. The number of nitrogens with zero attached hydrogens (tertiary/aromatic N) is 3. The highest BCUT2D eigenvalue weighted by molar-refractivity contribution is 6.35. The van der Waals surface area contributed by atoms with E-state index in [1.54, 1.807) is 0 Å². The Morgan fingerprint density at radius 2 is 1.62 bits per heavy atom. The van der Waals surface area contributed by atoms with Crippen LogP contribution < -0.4 is 10.2 Å². The first-order valence-corrected chi connectivity index (χ1v) is 12.1. The summed E-state index contributed by atoms with van der Waals surface area (Å²) >= 11 is 12.6. The molecule has 0 spiro atoms. The first-order chi connectivity index (χ1) is 17.2. The van der Waals surface area contributed by atoms with Gasteiger partial charge in [-0.15, -0.1) is 0 Å². The molecule has 4 rings (SSSR count). The molecule has 2 heterocycles. The zero-order chi connectivity index (χ0) is 27.7. The van der Waals surface area contributed by atoms with Crippen molar-refractivity contribution in [3.8, 4) is 0 Å². The van der Waals surface area contributed by atoms with Gasteiger partial charge in [0, 0.05) is 40.1 Å². The number of carboxylic acid groups (broad SMARTS) is 1. The molecule has 1 aliphatic heterocycles. The molecule has 0 bridgehead atoms. The Morgan fingerprint density at radius 3 is 2.16 bits per heavy atom. The maximum Gasteiger partial charge on any atom is 0.490 e. The minimum atomic E-state index is -5.08. The fraction of sp³-hybridized carbons (Fsp3) is 0.346. The Hall–Kier alpha value is -3.04. The first kappa shape index (κ1) is 28.5. The van der Waals surface area contributed by atoms with E-state index >= 15 is 0 Å². The van der Waals surface area contributed by atoms with Gasteiger partial charge in [0.1, 0.15) is 5.82 Å². The van der Waals surface area contributed by atoms with Gasteiger partial charge in [0.25, 0.3) is 0 Å². The third kappa shape index (κ3) is 6.84. The van der Waals surface area contributed by atoms with E-state index in [2.05, 4.69) is 50.0 Å². The van der Waals surface area contributed by atoms with Crippen LogP contribution in [0.25, 0.3) is 0 Å². The van der Waals surface area contributed by atoms with Gasteiger partial charge < -0.3 is 15.3 Å². The van der Waals surface area contributed by atoms with Crippen LogP contribution in [-0.4, -0.2) is 33.8 Å². The van der Waals surface area contributed by atoms with Crippen molar-refractivity contribution >= 4 is 46.6 Å². The van der Waals surface area contributed by atoms with Crippen LogP contribution in [-0.2, 0) is 17.8 Å². The molecule has 1 aromatic heterocycles. The van der Waals surface area contributed by atoms with E-state index in [0.29, 0.717) is 22.5 Å². The molecule has 6 nitrogen and oxygen atoms in total. The van der Waals surface area contributed by atoms with Gasteiger partial charge in [0.2, 0.25) is 5.95 Å². The number of halogens is 5. The van der Waals surface area contributed by atoms with Crippen LogP contribution in [0.2, 0.25) is 10.0 Å². The Kier molecular flexibility index (Phi) is 8.59. The van der Waals surface area contributed by atoms with Crippen molar-refractivity contribution in [1.29, 1.82) is 0 Å². The molecule has 0 radical (unpaired) electrons. The number of carboxylic acids is 1. The molecule has 2 aromatic carbocycles. The van der Waals surface area contributed by atoms with Crippen LogP contribution in [0.3, 0.4) is 0 Å². The molecule has 2 N–H and O–H groups in total. The van der Waals surface area contributed by atoms with Gasteiger partial charge in [-0.3, -0.25) is 0 Å². The zero-order valence-electron chi connectivity index (χ0n) is 21.0. The van der Waals surface area contributed by atoms with Gasteiger partial charge in [-0.1, -0.05) is 40.9 Å². The number of aryl methyl sites for hydroxylation is 5. The fourth-order valence-corrected chi connectivity index (χ4v) is 4.96. The largest absolute Gasteiger partial charge is 0.490 e. The molecule has 0 unspecified atom stereocenters. The summed E-state index contributed by atoms with van der Waals surface area (Å²) in [7, 11) is 0. The lowest BCUT2D eigenvalue weighted by molar-refractivity contribution is -0.192. The molecule has 3 aromatic rings. The van der Waals surface area contributed by atoms with E-state index in [-0.39, 0.29) is 0 Å². The summed E-state index contributed by atoms with van der Waals surface area (Å²) in [4.78, 5) is 20.8. The number of aromatic nitrogens is 2. The molecule has 198 valence electrons. The van der Waals surface area contributed by atoms with Gasteiger partial charge >= 0.3 is 12.1 Å².